The highest BCUT2D eigenvalue weighted by Gasteiger charge is 2.65. The van der Waals surface area contributed by atoms with E-state index in [0.717, 1.165) is 9.35 Å². The Kier molecular flexibility index (Phi) is 6.63. The molecule has 1 aromatic carbocycles. The average molecular weight is 495 g/mol. The van der Waals surface area contributed by atoms with Gasteiger partial charge >= 0.3 is 5.97 Å². The highest BCUT2D eigenvalue weighted by molar-refractivity contribution is 8.05. The van der Waals surface area contributed by atoms with Crippen molar-refractivity contribution in [1.29, 1.82) is 0 Å². The second-order valence-corrected chi connectivity index (χ2v) is 11.6. The molecule has 1 aromatic heterocycles. The van der Waals surface area contributed by atoms with Gasteiger partial charge in [-0.25, -0.2) is 4.79 Å². The molecule has 2 aliphatic rings. The summed E-state index contributed by atoms with van der Waals surface area (Å²) < 4.78 is 10.6. The zero-order valence-electron chi connectivity index (χ0n) is 17.6. The standard InChI is InChI=1S/C20H22N4O5S3/c1-11-22-23-19(31-11)30-10-20(2)15(18(27)28-3)24-16(26)14(17(24)32-20)21-13(25)9-29-12-7-5-4-6-8-12/h4-8,14-15,17H,9-10H2,1-3H3,(H,21,25)/t14?,15?,17-,20?/m1/s1. The minimum atomic E-state index is -0.745. The molecule has 2 saturated heterocycles. The van der Waals surface area contributed by atoms with Crippen molar-refractivity contribution in [3.8, 4) is 5.75 Å². The second kappa shape index (κ2) is 9.28. The fourth-order valence-corrected chi connectivity index (χ4v) is 7.52. The maximum Gasteiger partial charge on any atom is 0.330 e. The molecule has 2 amide bonds. The van der Waals surface area contributed by atoms with Gasteiger partial charge in [0.05, 0.1) is 11.9 Å². The second-order valence-electron chi connectivity index (χ2n) is 7.51. The topological polar surface area (TPSA) is 111 Å². The number of thioether (sulfide) groups is 2. The van der Waals surface area contributed by atoms with E-state index in [1.165, 1.54) is 46.9 Å². The number of methoxy groups -OCH3 is 1. The van der Waals surface area contributed by atoms with Gasteiger partial charge in [0, 0.05) is 5.75 Å². The first-order valence-corrected chi connectivity index (χ1v) is 12.5. The minimum Gasteiger partial charge on any atom is -0.484 e. The van der Waals surface area contributed by atoms with Crippen LogP contribution in [-0.4, -0.2) is 74.6 Å². The first-order valence-electron chi connectivity index (χ1n) is 9.80. The Balaban J connectivity index is 1.42. The molecule has 0 bridgehead atoms. The molecule has 0 radical (unpaired) electrons. The van der Waals surface area contributed by atoms with Crippen molar-refractivity contribution in [1.82, 2.24) is 20.4 Å². The van der Waals surface area contributed by atoms with Crippen molar-refractivity contribution in [2.75, 3.05) is 19.5 Å². The van der Waals surface area contributed by atoms with E-state index in [4.69, 9.17) is 9.47 Å². The Morgan fingerprint density at radius 1 is 1.28 bits per heavy atom. The minimum absolute atomic E-state index is 0.199. The Morgan fingerprint density at radius 3 is 2.69 bits per heavy atom. The lowest BCUT2D eigenvalue weighted by atomic mass is 9.96. The van der Waals surface area contributed by atoms with Gasteiger partial charge < -0.3 is 19.7 Å². The van der Waals surface area contributed by atoms with E-state index >= 15 is 0 Å². The van der Waals surface area contributed by atoms with Crippen LogP contribution < -0.4 is 10.1 Å². The number of para-hydroxylation sites is 1. The number of nitrogens with zero attached hydrogens (tertiary/aromatic N) is 3. The van der Waals surface area contributed by atoms with Gasteiger partial charge in [-0.1, -0.05) is 41.3 Å². The van der Waals surface area contributed by atoms with Crippen LogP contribution >= 0.6 is 34.9 Å². The largest absolute Gasteiger partial charge is 0.484 e. The van der Waals surface area contributed by atoms with Crippen LogP contribution in [0.3, 0.4) is 0 Å². The molecule has 0 spiro atoms. The monoisotopic (exact) mass is 494 g/mol. The third-order valence-corrected chi connectivity index (χ3v) is 9.31. The molecule has 9 nitrogen and oxygen atoms in total. The predicted octanol–water partition coefficient (Wildman–Crippen LogP) is 1.72. The van der Waals surface area contributed by atoms with E-state index < -0.39 is 28.7 Å². The smallest absolute Gasteiger partial charge is 0.330 e. The maximum atomic E-state index is 12.9. The Hall–Kier alpha value is -2.31. The number of ether oxygens (including phenoxy) is 2. The van der Waals surface area contributed by atoms with Crippen molar-refractivity contribution in [2.45, 2.75) is 40.4 Å². The molecule has 2 aromatic rings. The van der Waals surface area contributed by atoms with Gasteiger partial charge in [-0.15, -0.1) is 22.0 Å². The van der Waals surface area contributed by atoms with Gasteiger partial charge in [0.15, 0.2) is 10.9 Å². The van der Waals surface area contributed by atoms with Crippen molar-refractivity contribution < 1.29 is 23.9 Å². The first kappa shape index (κ1) is 22.9. The van der Waals surface area contributed by atoms with Crippen LogP contribution in [0.4, 0.5) is 0 Å². The van der Waals surface area contributed by atoms with Gasteiger partial charge in [0.25, 0.3) is 5.91 Å². The average Bonchev–Trinajstić information content (AvgIpc) is 3.34. The Morgan fingerprint density at radius 2 is 2.03 bits per heavy atom. The van der Waals surface area contributed by atoms with Crippen LogP contribution in [0.2, 0.25) is 0 Å². The van der Waals surface area contributed by atoms with Gasteiger partial charge in [-0.05, 0) is 26.0 Å². The van der Waals surface area contributed by atoms with Gasteiger partial charge in [-0.3, -0.25) is 9.59 Å². The van der Waals surface area contributed by atoms with Crippen LogP contribution in [0.15, 0.2) is 34.7 Å². The van der Waals surface area contributed by atoms with E-state index in [1.54, 1.807) is 12.1 Å². The summed E-state index contributed by atoms with van der Waals surface area (Å²) in [5, 5.41) is 11.4. The predicted molar refractivity (Wildman–Crippen MR) is 122 cm³/mol. The summed E-state index contributed by atoms with van der Waals surface area (Å²) in [5.41, 5.74) is 0. The van der Waals surface area contributed by atoms with Gasteiger partial charge in [0.2, 0.25) is 5.91 Å². The molecule has 4 rings (SSSR count). The van der Waals surface area contributed by atoms with Crippen LogP contribution in [-0.2, 0) is 19.1 Å². The molecule has 2 aliphatic heterocycles. The zero-order valence-corrected chi connectivity index (χ0v) is 20.1. The zero-order chi connectivity index (χ0) is 22.9. The summed E-state index contributed by atoms with van der Waals surface area (Å²) in [5.74, 6) is -0.0611. The van der Waals surface area contributed by atoms with E-state index in [0.29, 0.717) is 11.5 Å². The van der Waals surface area contributed by atoms with Crippen LogP contribution in [0.5, 0.6) is 5.75 Å². The molecular formula is C20H22N4O5S3. The number of hydrogen-bond donors (Lipinski definition) is 1. The van der Waals surface area contributed by atoms with E-state index in [-0.39, 0.29) is 17.9 Å². The molecule has 170 valence electrons. The highest BCUT2D eigenvalue weighted by Crippen LogP contribution is 2.53. The normalized spacial score (nSPS) is 26.3. The summed E-state index contributed by atoms with van der Waals surface area (Å²) >= 11 is 4.47. The van der Waals surface area contributed by atoms with Gasteiger partial charge in [0.1, 0.15) is 28.2 Å². The number of aromatic nitrogens is 2. The van der Waals surface area contributed by atoms with E-state index in [2.05, 4.69) is 15.5 Å². The van der Waals surface area contributed by atoms with Crippen molar-refractivity contribution in [2.24, 2.45) is 0 Å². The molecule has 32 heavy (non-hydrogen) atoms. The molecule has 4 atom stereocenters. The summed E-state index contributed by atoms with van der Waals surface area (Å²) in [6.45, 7) is 3.61. The first-order chi connectivity index (χ1) is 15.3. The summed E-state index contributed by atoms with van der Waals surface area (Å²) in [7, 11) is 1.31. The molecule has 0 saturated carbocycles. The quantitative estimate of drug-likeness (QED) is 0.333. The number of β-lactam (4-membered cyclic amide) rings is 1. The number of benzene rings is 1. The van der Waals surface area contributed by atoms with Crippen molar-refractivity contribution in [3.63, 3.8) is 0 Å². The SMILES string of the molecule is COC(=O)C1N2C(=O)C(NC(=O)COc3ccccc3)[C@H]2SC1(C)CSc1nnc(C)s1. The lowest BCUT2D eigenvalue weighted by molar-refractivity contribution is -0.162. The number of nitrogens with one attached hydrogen (secondary N) is 1. The highest BCUT2D eigenvalue weighted by atomic mass is 32.2. The number of fused-ring (bicyclic) bond motifs is 1. The number of carbonyl (C=O) groups is 3. The number of rotatable bonds is 8. The van der Waals surface area contributed by atoms with Crippen molar-refractivity contribution >= 4 is 52.6 Å². The summed E-state index contributed by atoms with van der Waals surface area (Å²) in [6.07, 6.45) is 0. The third-order valence-electron chi connectivity index (χ3n) is 5.17. The van der Waals surface area contributed by atoms with Crippen LogP contribution in [0.25, 0.3) is 0 Å². The van der Waals surface area contributed by atoms with E-state index in [1.807, 2.05) is 32.0 Å². The molecule has 12 heteroatoms. The van der Waals surface area contributed by atoms with E-state index in [9.17, 15) is 14.4 Å². The Labute approximate surface area is 197 Å². The van der Waals surface area contributed by atoms with Gasteiger partial charge in [-0.2, -0.15) is 0 Å². The number of aryl methyl sites for hydroxylation is 1. The number of amides is 2. The molecule has 0 aliphatic carbocycles. The molecular weight excluding hydrogens is 472 g/mol. The third kappa shape index (κ3) is 4.44. The lowest BCUT2D eigenvalue weighted by Crippen LogP contribution is -2.71. The fourth-order valence-electron chi connectivity index (χ4n) is 3.66. The van der Waals surface area contributed by atoms with Crippen molar-refractivity contribution in [3.05, 3.63) is 35.3 Å². The summed E-state index contributed by atoms with van der Waals surface area (Å²) in [4.78, 5) is 39.4. The summed E-state index contributed by atoms with van der Waals surface area (Å²) in [6, 6.07) is 7.51. The molecule has 1 N–H and O–H groups in total. The number of hydrogen-bond acceptors (Lipinski definition) is 10. The maximum absolute atomic E-state index is 12.9. The number of carbonyl (C=O) groups excluding carboxylic acids is 3. The van der Waals surface area contributed by atoms with Crippen LogP contribution in [0.1, 0.15) is 11.9 Å². The molecule has 3 unspecified atom stereocenters. The number of esters is 1. The van der Waals surface area contributed by atoms with Crippen LogP contribution in [0, 0.1) is 6.92 Å². The fraction of sp³-hybridized carbons (Fsp3) is 0.450. The lowest BCUT2D eigenvalue weighted by Gasteiger charge is -2.43. The Bertz CT molecular complexity index is 1020. The molecule has 2 fully saturated rings. The molecule has 3 heterocycles.